The smallest absolute Gasteiger partial charge is 0.408 e. The summed E-state index contributed by atoms with van der Waals surface area (Å²) < 4.78 is 10.8. The molecule has 0 radical (unpaired) electrons. The number of aromatic amines is 1. The summed E-state index contributed by atoms with van der Waals surface area (Å²) in [4.78, 5) is 15.3. The van der Waals surface area contributed by atoms with Gasteiger partial charge in [-0.2, -0.15) is 0 Å². The van der Waals surface area contributed by atoms with Gasteiger partial charge in [-0.15, -0.1) is 0 Å². The van der Waals surface area contributed by atoms with Crippen molar-refractivity contribution < 1.29 is 14.3 Å². The van der Waals surface area contributed by atoms with E-state index in [0.717, 1.165) is 16.5 Å². The number of ether oxygens (including phenoxy) is 2. The zero-order chi connectivity index (χ0) is 17.7. The summed E-state index contributed by atoms with van der Waals surface area (Å²) in [6.45, 7) is 7.51. The van der Waals surface area contributed by atoms with Crippen molar-refractivity contribution in [1.29, 1.82) is 0 Å². The molecule has 0 saturated heterocycles. The molecule has 1 aromatic heterocycles. The zero-order valence-corrected chi connectivity index (χ0v) is 15.3. The first-order chi connectivity index (χ1) is 11.2. The molecule has 5 nitrogen and oxygen atoms in total. The molecule has 1 unspecified atom stereocenters. The van der Waals surface area contributed by atoms with E-state index in [1.807, 2.05) is 45.2 Å². The zero-order valence-electron chi connectivity index (χ0n) is 14.5. The summed E-state index contributed by atoms with van der Waals surface area (Å²) in [5.74, 6) is 0. The van der Waals surface area contributed by atoms with Crippen molar-refractivity contribution in [2.75, 3.05) is 6.61 Å². The quantitative estimate of drug-likeness (QED) is 0.803. The van der Waals surface area contributed by atoms with E-state index in [-0.39, 0.29) is 6.04 Å². The van der Waals surface area contributed by atoms with Gasteiger partial charge < -0.3 is 19.8 Å². The van der Waals surface area contributed by atoms with Gasteiger partial charge in [-0.1, -0.05) is 18.2 Å². The number of aromatic nitrogens is 1. The van der Waals surface area contributed by atoms with Crippen LogP contribution in [0.15, 0.2) is 30.5 Å². The van der Waals surface area contributed by atoms with Crippen molar-refractivity contribution >= 4 is 34.3 Å². The normalized spacial score (nSPS) is 12.7. The van der Waals surface area contributed by atoms with Crippen LogP contribution in [0.3, 0.4) is 0 Å². The maximum Gasteiger partial charge on any atom is 0.408 e. The molecule has 0 saturated carbocycles. The topological polar surface area (TPSA) is 63.3 Å². The Morgan fingerprint density at radius 2 is 2.04 bits per heavy atom. The molecule has 1 aromatic carbocycles. The van der Waals surface area contributed by atoms with E-state index in [4.69, 9.17) is 21.7 Å². The summed E-state index contributed by atoms with van der Waals surface area (Å²) >= 11 is 4.97. The summed E-state index contributed by atoms with van der Waals surface area (Å²) in [5, 5.41) is 4.45. The third kappa shape index (κ3) is 5.53. The molecule has 0 aliphatic rings. The Labute approximate surface area is 147 Å². The first-order valence-electron chi connectivity index (χ1n) is 7.92. The van der Waals surface area contributed by atoms with Gasteiger partial charge in [-0.25, -0.2) is 4.79 Å². The number of fused-ring (bicyclic) bond motifs is 1. The first kappa shape index (κ1) is 18.3. The third-order valence-electron chi connectivity index (χ3n) is 3.35. The highest BCUT2D eigenvalue weighted by atomic mass is 32.1. The molecule has 24 heavy (non-hydrogen) atoms. The number of nitrogens with one attached hydrogen (secondary N) is 2. The van der Waals surface area contributed by atoms with E-state index in [1.54, 1.807) is 6.92 Å². The highest BCUT2D eigenvalue weighted by molar-refractivity contribution is 7.80. The van der Waals surface area contributed by atoms with Crippen molar-refractivity contribution in [3.63, 3.8) is 0 Å². The van der Waals surface area contributed by atoms with E-state index in [2.05, 4.69) is 16.4 Å². The highest BCUT2D eigenvalue weighted by Crippen LogP contribution is 2.19. The number of carbonyl (C=O) groups is 1. The number of rotatable bonds is 5. The Morgan fingerprint density at radius 1 is 1.33 bits per heavy atom. The van der Waals surface area contributed by atoms with Gasteiger partial charge >= 0.3 is 6.09 Å². The Balaban J connectivity index is 2.10. The minimum atomic E-state index is -0.545. The molecule has 2 aromatic rings. The lowest BCUT2D eigenvalue weighted by atomic mass is 10.1. The van der Waals surface area contributed by atoms with E-state index in [1.165, 1.54) is 0 Å². The average molecular weight is 348 g/mol. The van der Waals surface area contributed by atoms with Crippen LogP contribution in [0.2, 0.25) is 0 Å². The molecule has 0 aliphatic heterocycles. The second kappa shape index (κ2) is 7.66. The number of benzene rings is 1. The van der Waals surface area contributed by atoms with Gasteiger partial charge in [0.05, 0.1) is 6.04 Å². The van der Waals surface area contributed by atoms with Gasteiger partial charge in [-0.3, -0.25) is 0 Å². The summed E-state index contributed by atoms with van der Waals surface area (Å²) in [6.07, 6.45) is 2.11. The maximum atomic E-state index is 12.1. The Kier molecular flexibility index (Phi) is 5.83. The molecule has 1 amide bonds. The largest absolute Gasteiger partial charge is 0.485 e. The molecule has 1 heterocycles. The molecule has 0 fully saturated rings. The van der Waals surface area contributed by atoms with Crippen LogP contribution >= 0.6 is 12.2 Å². The molecule has 1 atom stereocenters. The van der Waals surface area contributed by atoms with Gasteiger partial charge in [0, 0.05) is 24.0 Å². The number of para-hydroxylation sites is 1. The Morgan fingerprint density at radius 3 is 2.71 bits per heavy atom. The summed E-state index contributed by atoms with van der Waals surface area (Å²) in [5.41, 5.74) is 1.63. The SMILES string of the molecule is CC(=S)OCC(Cc1c[nH]c2ccccc12)NC(=O)OC(C)(C)C. The molecule has 2 N–H and O–H groups in total. The first-order valence-corrected chi connectivity index (χ1v) is 8.33. The maximum absolute atomic E-state index is 12.1. The minimum Gasteiger partial charge on any atom is -0.485 e. The van der Waals surface area contributed by atoms with Crippen LogP contribution in [0.4, 0.5) is 4.79 Å². The van der Waals surface area contributed by atoms with Crippen LogP contribution in [0.25, 0.3) is 10.9 Å². The van der Waals surface area contributed by atoms with Crippen molar-refractivity contribution in [1.82, 2.24) is 10.3 Å². The number of carbonyl (C=O) groups excluding carboxylic acids is 1. The number of alkyl carbamates (subject to hydrolysis) is 1. The lowest BCUT2D eigenvalue weighted by Gasteiger charge is -2.23. The molecule has 0 bridgehead atoms. The molecule has 2 rings (SSSR count). The predicted molar refractivity (Wildman–Crippen MR) is 99.4 cm³/mol. The fourth-order valence-electron chi connectivity index (χ4n) is 2.41. The number of thiocarbonyl (C=S) groups is 1. The standard InChI is InChI=1S/C18H24N2O3S/c1-12(24)22-11-14(20-17(21)23-18(2,3)4)9-13-10-19-16-8-6-5-7-15(13)16/h5-8,10,14,19H,9,11H2,1-4H3,(H,20,21). The van der Waals surface area contributed by atoms with Gasteiger partial charge in [-0.05, 0) is 51.0 Å². The van der Waals surface area contributed by atoms with Crippen LogP contribution in [0.5, 0.6) is 0 Å². The van der Waals surface area contributed by atoms with Gasteiger partial charge in [0.15, 0.2) is 5.05 Å². The number of amides is 1. The van der Waals surface area contributed by atoms with Gasteiger partial charge in [0.25, 0.3) is 0 Å². The van der Waals surface area contributed by atoms with Crippen LogP contribution < -0.4 is 5.32 Å². The van der Waals surface area contributed by atoms with Crippen LogP contribution in [0.1, 0.15) is 33.3 Å². The lowest BCUT2D eigenvalue weighted by Crippen LogP contribution is -2.43. The summed E-state index contributed by atoms with van der Waals surface area (Å²) in [6, 6.07) is 7.81. The molecule has 0 spiro atoms. The predicted octanol–water partition coefficient (Wildman–Crippen LogP) is 3.97. The number of hydrogen-bond acceptors (Lipinski definition) is 4. The van der Waals surface area contributed by atoms with Gasteiger partial charge in [0.2, 0.25) is 0 Å². The molecule has 130 valence electrons. The Bertz CT molecular complexity index is 718. The van der Waals surface area contributed by atoms with Gasteiger partial charge in [0.1, 0.15) is 12.2 Å². The van der Waals surface area contributed by atoms with Crippen molar-refractivity contribution in [2.24, 2.45) is 0 Å². The van der Waals surface area contributed by atoms with E-state index < -0.39 is 11.7 Å². The van der Waals surface area contributed by atoms with E-state index >= 15 is 0 Å². The van der Waals surface area contributed by atoms with Crippen molar-refractivity contribution in [3.05, 3.63) is 36.0 Å². The Hall–Kier alpha value is -2.08. The van der Waals surface area contributed by atoms with Crippen LogP contribution in [-0.4, -0.2) is 34.4 Å². The molecule has 6 heteroatoms. The van der Waals surface area contributed by atoms with E-state index in [9.17, 15) is 4.79 Å². The second-order valence-electron chi connectivity index (χ2n) is 6.71. The average Bonchev–Trinajstić information content (AvgIpc) is 2.86. The minimum absolute atomic E-state index is 0.239. The van der Waals surface area contributed by atoms with Crippen molar-refractivity contribution in [3.8, 4) is 0 Å². The fraction of sp³-hybridized carbons (Fsp3) is 0.444. The van der Waals surface area contributed by atoms with E-state index in [0.29, 0.717) is 18.1 Å². The monoisotopic (exact) mass is 348 g/mol. The van der Waals surface area contributed by atoms with Crippen LogP contribution in [-0.2, 0) is 15.9 Å². The lowest BCUT2D eigenvalue weighted by molar-refractivity contribution is 0.0486. The number of hydrogen-bond donors (Lipinski definition) is 2. The number of H-pyrrole nitrogens is 1. The highest BCUT2D eigenvalue weighted by Gasteiger charge is 2.21. The van der Waals surface area contributed by atoms with Crippen molar-refractivity contribution in [2.45, 2.75) is 45.8 Å². The molecular weight excluding hydrogens is 324 g/mol. The second-order valence-corrected chi connectivity index (χ2v) is 7.28. The molecular formula is C18H24N2O3S. The third-order valence-corrected chi connectivity index (χ3v) is 3.47. The summed E-state index contributed by atoms with van der Waals surface area (Å²) in [7, 11) is 0. The van der Waals surface area contributed by atoms with Crippen LogP contribution in [0, 0.1) is 0 Å². The fourth-order valence-corrected chi connectivity index (χ4v) is 2.48. The molecule has 0 aliphatic carbocycles.